The molecule has 0 fully saturated rings. The Kier molecular flexibility index (Phi) is 4.53. The van der Waals surface area contributed by atoms with Gasteiger partial charge >= 0.3 is 0 Å². The lowest BCUT2D eigenvalue weighted by Crippen LogP contribution is -2.16. The summed E-state index contributed by atoms with van der Waals surface area (Å²) in [6.07, 6.45) is 3.00. The van der Waals surface area contributed by atoms with Crippen LogP contribution in [0.5, 0.6) is 0 Å². The van der Waals surface area contributed by atoms with Gasteiger partial charge in [-0.15, -0.1) is 5.10 Å². The molecule has 0 aliphatic rings. The van der Waals surface area contributed by atoms with Gasteiger partial charge in [0.15, 0.2) is 0 Å². The van der Waals surface area contributed by atoms with Gasteiger partial charge in [0.25, 0.3) is 5.91 Å². The van der Waals surface area contributed by atoms with E-state index in [1.54, 1.807) is 26.1 Å². The van der Waals surface area contributed by atoms with Crippen molar-refractivity contribution in [3.63, 3.8) is 0 Å². The van der Waals surface area contributed by atoms with Crippen LogP contribution in [0.4, 0.5) is 5.95 Å². The first-order valence-electron chi connectivity index (χ1n) is 6.23. The van der Waals surface area contributed by atoms with Gasteiger partial charge in [-0.05, 0) is 19.9 Å². The summed E-state index contributed by atoms with van der Waals surface area (Å²) in [4.78, 5) is 20.2. The number of hydrogen-bond donors (Lipinski definition) is 2. The highest BCUT2D eigenvalue weighted by molar-refractivity contribution is 6.03. The minimum atomic E-state index is -0.371. The van der Waals surface area contributed by atoms with E-state index in [2.05, 4.69) is 37.3 Å². The average Bonchev–Trinajstić information content (AvgIpc) is 2.49. The van der Waals surface area contributed by atoms with E-state index in [9.17, 15) is 4.79 Å². The lowest BCUT2D eigenvalue weighted by atomic mass is 10.2. The molecule has 3 N–H and O–H groups in total. The molecule has 0 aliphatic carbocycles. The number of carbonyl (C=O) groups is 1. The van der Waals surface area contributed by atoms with Gasteiger partial charge in [-0.3, -0.25) is 15.1 Å². The van der Waals surface area contributed by atoms with E-state index in [0.717, 1.165) is 0 Å². The van der Waals surface area contributed by atoms with Gasteiger partial charge in [0, 0.05) is 18.0 Å². The predicted octanol–water partition coefficient (Wildman–Crippen LogP) is 0.446. The molecule has 0 aromatic carbocycles. The molecule has 7 heteroatoms. The third-order valence-electron chi connectivity index (χ3n) is 2.65. The predicted molar refractivity (Wildman–Crippen MR) is 77.4 cm³/mol. The Balaban J connectivity index is 2.18. The van der Waals surface area contributed by atoms with Crippen molar-refractivity contribution in [2.24, 2.45) is 5.73 Å². The van der Waals surface area contributed by atoms with Gasteiger partial charge in [-0.25, -0.2) is 4.98 Å². The molecule has 2 aromatic heterocycles. The maximum atomic E-state index is 12.1. The second-order valence-corrected chi connectivity index (χ2v) is 4.23. The molecule has 106 valence electrons. The van der Waals surface area contributed by atoms with Crippen molar-refractivity contribution in [2.45, 2.75) is 13.8 Å². The summed E-state index contributed by atoms with van der Waals surface area (Å²) < 4.78 is 0. The number of amides is 1. The number of hydrogen-bond acceptors (Lipinski definition) is 6. The van der Waals surface area contributed by atoms with E-state index >= 15 is 0 Å². The SMILES string of the molecule is Cc1nnc(NC(=O)c2cncc(C#CCN)c2)nc1C. The van der Waals surface area contributed by atoms with Crippen LogP contribution in [0.3, 0.4) is 0 Å². The lowest BCUT2D eigenvalue weighted by Gasteiger charge is -2.04. The van der Waals surface area contributed by atoms with Crippen molar-refractivity contribution < 1.29 is 4.79 Å². The summed E-state index contributed by atoms with van der Waals surface area (Å²) in [5.74, 6) is 5.31. The molecule has 0 saturated carbocycles. The molecule has 0 unspecified atom stereocenters. The van der Waals surface area contributed by atoms with Crippen LogP contribution < -0.4 is 11.1 Å². The van der Waals surface area contributed by atoms with Gasteiger partial charge in [0.05, 0.1) is 23.5 Å². The minimum Gasteiger partial charge on any atom is -0.320 e. The zero-order valence-corrected chi connectivity index (χ0v) is 11.7. The second kappa shape index (κ2) is 6.54. The average molecular weight is 282 g/mol. The lowest BCUT2D eigenvalue weighted by molar-refractivity contribution is 0.102. The van der Waals surface area contributed by atoms with Crippen LogP contribution in [0.15, 0.2) is 18.5 Å². The summed E-state index contributed by atoms with van der Waals surface area (Å²) in [7, 11) is 0. The number of nitrogens with zero attached hydrogens (tertiary/aromatic N) is 4. The van der Waals surface area contributed by atoms with Crippen molar-refractivity contribution in [1.29, 1.82) is 0 Å². The van der Waals surface area contributed by atoms with Crippen molar-refractivity contribution in [3.05, 3.63) is 41.0 Å². The fraction of sp³-hybridized carbons (Fsp3) is 0.214. The summed E-state index contributed by atoms with van der Waals surface area (Å²) in [5.41, 5.74) is 7.71. The monoisotopic (exact) mass is 282 g/mol. The molecule has 2 rings (SSSR count). The molecule has 0 atom stereocenters. The fourth-order valence-corrected chi connectivity index (χ4v) is 1.47. The standard InChI is InChI=1S/C14H14N6O/c1-9-10(2)19-20-14(17-9)18-13(21)12-6-11(4-3-5-15)7-16-8-12/h6-8H,5,15H2,1-2H3,(H,17,18,20,21). The summed E-state index contributed by atoms with van der Waals surface area (Å²) in [6.45, 7) is 3.84. The zero-order valence-electron chi connectivity index (χ0n) is 11.7. The van der Waals surface area contributed by atoms with E-state index in [1.807, 2.05) is 0 Å². The molecule has 0 spiro atoms. The Morgan fingerprint density at radius 3 is 2.81 bits per heavy atom. The van der Waals surface area contributed by atoms with Gasteiger partial charge in [-0.1, -0.05) is 11.8 Å². The van der Waals surface area contributed by atoms with E-state index in [1.165, 1.54) is 6.20 Å². The van der Waals surface area contributed by atoms with Crippen LogP contribution in [-0.2, 0) is 0 Å². The topological polar surface area (TPSA) is 107 Å². The minimum absolute atomic E-state index is 0.154. The Labute approximate surface area is 122 Å². The first-order chi connectivity index (χ1) is 10.1. The van der Waals surface area contributed by atoms with Crippen LogP contribution in [0.1, 0.15) is 27.3 Å². The Morgan fingerprint density at radius 1 is 1.29 bits per heavy atom. The van der Waals surface area contributed by atoms with Crippen LogP contribution in [-0.4, -0.2) is 32.6 Å². The molecule has 2 heterocycles. The molecule has 1 amide bonds. The normalized spacial score (nSPS) is 9.67. The van der Waals surface area contributed by atoms with Crippen LogP contribution >= 0.6 is 0 Å². The summed E-state index contributed by atoms with van der Waals surface area (Å²) in [5, 5.41) is 10.3. The van der Waals surface area contributed by atoms with Crippen LogP contribution in [0.25, 0.3) is 0 Å². The quantitative estimate of drug-likeness (QED) is 0.774. The summed E-state index contributed by atoms with van der Waals surface area (Å²) in [6, 6.07) is 1.62. The highest BCUT2D eigenvalue weighted by atomic mass is 16.1. The molecule has 21 heavy (non-hydrogen) atoms. The molecule has 0 saturated heterocycles. The molecule has 0 radical (unpaired) electrons. The largest absolute Gasteiger partial charge is 0.320 e. The number of rotatable bonds is 2. The number of nitrogens with two attached hydrogens (primary N) is 1. The van der Waals surface area contributed by atoms with Gasteiger partial charge in [0.1, 0.15) is 0 Å². The number of aromatic nitrogens is 4. The highest BCUT2D eigenvalue weighted by Gasteiger charge is 2.10. The first-order valence-corrected chi connectivity index (χ1v) is 6.23. The number of nitrogens with one attached hydrogen (secondary N) is 1. The van der Waals surface area contributed by atoms with E-state index in [-0.39, 0.29) is 18.4 Å². The number of pyridine rings is 1. The molecular weight excluding hydrogens is 268 g/mol. The first kappa shape index (κ1) is 14.6. The fourth-order valence-electron chi connectivity index (χ4n) is 1.47. The van der Waals surface area contributed by atoms with Gasteiger partial charge < -0.3 is 5.73 Å². The van der Waals surface area contributed by atoms with Crippen LogP contribution in [0, 0.1) is 25.7 Å². The smallest absolute Gasteiger partial charge is 0.259 e. The van der Waals surface area contributed by atoms with E-state index in [0.29, 0.717) is 22.5 Å². The third kappa shape index (κ3) is 3.81. The molecule has 0 bridgehead atoms. The van der Waals surface area contributed by atoms with E-state index in [4.69, 9.17) is 5.73 Å². The molecule has 0 aliphatic heterocycles. The maximum Gasteiger partial charge on any atom is 0.259 e. The maximum absolute atomic E-state index is 12.1. The Hall–Kier alpha value is -2.85. The second-order valence-electron chi connectivity index (χ2n) is 4.23. The van der Waals surface area contributed by atoms with Crippen molar-refractivity contribution in [1.82, 2.24) is 20.2 Å². The zero-order chi connectivity index (χ0) is 15.2. The Morgan fingerprint density at radius 2 is 2.10 bits per heavy atom. The molecule has 2 aromatic rings. The van der Waals surface area contributed by atoms with Crippen molar-refractivity contribution >= 4 is 11.9 Å². The summed E-state index contributed by atoms with van der Waals surface area (Å²) >= 11 is 0. The molecular formula is C14H14N6O. The number of anilines is 1. The Bertz CT molecular complexity index is 732. The van der Waals surface area contributed by atoms with E-state index < -0.39 is 0 Å². The third-order valence-corrected chi connectivity index (χ3v) is 2.65. The van der Waals surface area contributed by atoms with Crippen molar-refractivity contribution in [3.8, 4) is 11.8 Å². The van der Waals surface area contributed by atoms with Crippen LogP contribution in [0.2, 0.25) is 0 Å². The highest BCUT2D eigenvalue weighted by Crippen LogP contribution is 2.06. The molecule has 7 nitrogen and oxygen atoms in total. The van der Waals surface area contributed by atoms with Crippen molar-refractivity contribution in [2.75, 3.05) is 11.9 Å². The number of aryl methyl sites for hydroxylation is 2. The van der Waals surface area contributed by atoms with Gasteiger partial charge in [-0.2, -0.15) is 5.10 Å². The van der Waals surface area contributed by atoms with Gasteiger partial charge in [0.2, 0.25) is 5.95 Å². The number of carbonyl (C=O) groups excluding carboxylic acids is 1.